The highest BCUT2D eigenvalue weighted by Crippen LogP contribution is 2.47. The lowest BCUT2D eigenvalue weighted by atomic mass is 9.90. The molecule has 3 nitrogen and oxygen atoms in total. The third-order valence-electron chi connectivity index (χ3n) is 4.88. The van der Waals surface area contributed by atoms with Crippen LogP contribution in [0.25, 0.3) is 22.0 Å². The minimum Gasteiger partial charge on any atom is -0.502 e. The smallest absolute Gasteiger partial charge is 0.123 e. The molecule has 2 aromatic carbocycles. The van der Waals surface area contributed by atoms with Gasteiger partial charge in [-0.15, -0.1) is 0 Å². The van der Waals surface area contributed by atoms with Crippen LogP contribution in [0.1, 0.15) is 43.0 Å². The van der Waals surface area contributed by atoms with Crippen LogP contribution in [0.3, 0.4) is 0 Å². The Morgan fingerprint density at radius 1 is 1.19 bits per heavy atom. The van der Waals surface area contributed by atoms with Crippen molar-refractivity contribution in [2.45, 2.75) is 31.8 Å². The van der Waals surface area contributed by atoms with Crippen LogP contribution in [0.5, 0.6) is 0 Å². The lowest BCUT2D eigenvalue weighted by molar-refractivity contribution is 0.214. The van der Waals surface area contributed by atoms with E-state index in [0.717, 1.165) is 46.1 Å². The molecular weight excluding hydrogens is 341 g/mol. The number of benzene rings is 2. The number of aliphatic hydroxyl groups excluding tert-OH is 1. The average molecular weight is 363 g/mol. The minimum atomic E-state index is -0.843. The zero-order valence-electron chi connectivity index (χ0n) is 15.2. The van der Waals surface area contributed by atoms with E-state index in [1.807, 2.05) is 31.2 Å². The van der Waals surface area contributed by atoms with Crippen molar-refractivity contribution in [3.63, 3.8) is 0 Å². The predicted octanol–water partition coefficient (Wildman–Crippen LogP) is 5.50. The molecule has 1 atom stereocenters. The fourth-order valence-corrected chi connectivity index (χ4v) is 3.46. The van der Waals surface area contributed by atoms with E-state index in [4.69, 9.17) is 9.72 Å². The number of hydrogen-bond acceptors (Lipinski definition) is 3. The number of pyridine rings is 1. The van der Waals surface area contributed by atoms with Gasteiger partial charge in [-0.25, -0.2) is 4.39 Å². The van der Waals surface area contributed by atoms with Crippen molar-refractivity contribution in [3.05, 3.63) is 77.9 Å². The lowest BCUT2D eigenvalue weighted by Crippen LogP contribution is -2.06. The molecule has 27 heavy (non-hydrogen) atoms. The van der Waals surface area contributed by atoms with Gasteiger partial charge in [0.2, 0.25) is 0 Å². The second kappa shape index (κ2) is 7.49. The fourth-order valence-electron chi connectivity index (χ4n) is 3.46. The summed E-state index contributed by atoms with van der Waals surface area (Å²) in [5.74, 6) is 0.0804. The van der Waals surface area contributed by atoms with Gasteiger partial charge in [-0.3, -0.25) is 4.98 Å². The molecule has 1 fully saturated rings. The first-order valence-corrected chi connectivity index (χ1v) is 9.34. The Morgan fingerprint density at radius 3 is 2.63 bits per heavy atom. The summed E-state index contributed by atoms with van der Waals surface area (Å²) < 4.78 is 18.8. The molecule has 0 spiro atoms. The maximum atomic E-state index is 13.5. The zero-order valence-corrected chi connectivity index (χ0v) is 15.2. The Balaban J connectivity index is 1.98. The number of para-hydroxylation sites is 1. The van der Waals surface area contributed by atoms with Crippen molar-refractivity contribution >= 4 is 10.9 Å². The fraction of sp³-hybridized carbons (Fsp3) is 0.261. The summed E-state index contributed by atoms with van der Waals surface area (Å²) in [6.45, 7) is 2.44. The van der Waals surface area contributed by atoms with Crippen LogP contribution in [-0.2, 0) is 4.74 Å². The van der Waals surface area contributed by atoms with Crippen LogP contribution < -0.4 is 0 Å². The Kier molecular flexibility index (Phi) is 4.90. The first-order chi connectivity index (χ1) is 13.2. The highest BCUT2D eigenvalue weighted by atomic mass is 19.1. The first kappa shape index (κ1) is 17.7. The number of nitrogens with zero attached hydrogens (tertiary/aromatic N) is 1. The third-order valence-corrected chi connectivity index (χ3v) is 4.88. The molecular formula is C23H22FNO2. The van der Waals surface area contributed by atoms with Gasteiger partial charge >= 0.3 is 0 Å². The summed E-state index contributed by atoms with van der Waals surface area (Å²) in [5, 5.41) is 11.9. The normalized spacial score (nSPS) is 15.4. The number of aliphatic hydroxyl groups is 1. The van der Waals surface area contributed by atoms with Crippen molar-refractivity contribution in [2.24, 2.45) is 0 Å². The Morgan fingerprint density at radius 2 is 1.93 bits per heavy atom. The van der Waals surface area contributed by atoms with Crippen LogP contribution in [0.4, 0.5) is 4.39 Å². The molecule has 4 heteroatoms. The van der Waals surface area contributed by atoms with Crippen LogP contribution in [0, 0.1) is 5.82 Å². The number of hydrogen-bond donors (Lipinski definition) is 1. The third kappa shape index (κ3) is 3.58. The summed E-state index contributed by atoms with van der Waals surface area (Å²) in [4.78, 5) is 4.88. The average Bonchev–Trinajstić information content (AvgIpc) is 3.52. The molecule has 0 saturated heterocycles. The highest BCUT2D eigenvalue weighted by Gasteiger charge is 2.32. The lowest BCUT2D eigenvalue weighted by Gasteiger charge is -2.20. The van der Waals surface area contributed by atoms with Crippen LogP contribution in [0.15, 0.2) is 60.9 Å². The van der Waals surface area contributed by atoms with Crippen molar-refractivity contribution < 1.29 is 14.2 Å². The molecule has 0 amide bonds. The van der Waals surface area contributed by atoms with Gasteiger partial charge < -0.3 is 9.84 Å². The number of rotatable bonds is 6. The Bertz CT molecular complexity index is 978. The summed E-state index contributed by atoms with van der Waals surface area (Å²) in [5.41, 5.74) is 4.40. The van der Waals surface area contributed by atoms with E-state index in [1.54, 1.807) is 18.2 Å². The van der Waals surface area contributed by atoms with Gasteiger partial charge in [0.15, 0.2) is 0 Å². The van der Waals surface area contributed by atoms with Gasteiger partial charge in [0.1, 0.15) is 11.9 Å². The summed E-state index contributed by atoms with van der Waals surface area (Å²) in [6.07, 6.45) is 4.48. The van der Waals surface area contributed by atoms with Gasteiger partial charge in [-0.05, 0) is 55.2 Å². The molecule has 138 valence electrons. The molecule has 0 radical (unpaired) electrons. The minimum absolute atomic E-state index is 0.280. The summed E-state index contributed by atoms with van der Waals surface area (Å²) >= 11 is 0. The maximum Gasteiger partial charge on any atom is 0.123 e. The molecule has 0 aliphatic heterocycles. The quantitative estimate of drug-likeness (QED) is 0.588. The standard InChI is InChI=1S/C23H22FNO2/c1-2-27-14-13-20(26)22-21(15-9-11-17(24)12-10-15)18-5-3-4-6-19(18)25-23(22)16-7-8-16/h3-6,9-14,16,20,26H,2,7-8H2,1H3/b14-13-. The van der Waals surface area contributed by atoms with E-state index in [-0.39, 0.29) is 5.82 Å². The molecule has 1 heterocycles. The van der Waals surface area contributed by atoms with E-state index in [2.05, 4.69) is 0 Å². The van der Waals surface area contributed by atoms with Gasteiger partial charge in [-0.2, -0.15) is 0 Å². The van der Waals surface area contributed by atoms with Gasteiger partial charge in [0.05, 0.1) is 24.1 Å². The molecule has 1 aliphatic rings. The van der Waals surface area contributed by atoms with Crippen LogP contribution in [-0.4, -0.2) is 16.7 Å². The zero-order chi connectivity index (χ0) is 18.8. The summed E-state index contributed by atoms with van der Waals surface area (Å²) in [6, 6.07) is 14.3. The van der Waals surface area contributed by atoms with E-state index in [1.165, 1.54) is 18.4 Å². The molecule has 3 aromatic rings. The number of halogens is 1. The Labute approximate surface area is 158 Å². The second-order valence-corrected chi connectivity index (χ2v) is 6.81. The van der Waals surface area contributed by atoms with Crippen LogP contribution >= 0.6 is 0 Å². The Hall–Kier alpha value is -2.72. The number of fused-ring (bicyclic) bond motifs is 1. The van der Waals surface area contributed by atoms with E-state index in [9.17, 15) is 9.50 Å². The van der Waals surface area contributed by atoms with E-state index < -0.39 is 6.10 Å². The van der Waals surface area contributed by atoms with Gasteiger partial charge in [0.25, 0.3) is 0 Å². The molecule has 0 bridgehead atoms. The molecule has 4 rings (SSSR count). The molecule has 1 saturated carbocycles. The summed E-state index contributed by atoms with van der Waals surface area (Å²) in [7, 11) is 0. The largest absolute Gasteiger partial charge is 0.502 e. The van der Waals surface area contributed by atoms with Crippen molar-refractivity contribution in [2.75, 3.05) is 6.61 Å². The molecule has 1 aromatic heterocycles. The van der Waals surface area contributed by atoms with Crippen molar-refractivity contribution in [1.82, 2.24) is 4.98 Å². The molecule has 1 unspecified atom stereocenters. The number of ether oxygens (including phenoxy) is 1. The molecule has 1 N–H and O–H groups in total. The first-order valence-electron chi connectivity index (χ1n) is 9.34. The van der Waals surface area contributed by atoms with Crippen molar-refractivity contribution in [1.29, 1.82) is 0 Å². The highest BCUT2D eigenvalue weighted by molar-refractivity contribution is 5.97. The number of aromatic nitrogens is 1. The maximum absolute atomic E-state index is 13.5. The topological polar surface area (TPSA) is 42.4 Å². The van der Waals surface area contributed by atoms with E-state index in [0.29, 0.717) is 12.5 Å². The molecule has 1 aliphatic carbocycles. The predicted molar refractivity (Wildman–Crippen MR) is 105 cm³/mol. The second-order valence-electron chi connectivity index (χ2n) is 6.81. The monoisotopic (exact) mass is 363 g/mol. The van der Waals surface area contributed by atoms with E-state index >= 15 is 0 Å². The van der Waals surface area contributed by atoms with Gasteiger partial charge in [0, 0.05) is 16.9 Å². The van der Waals surface area contributed by atoms with Crippen molar-refractivity contribution in [3.8, 4) is 11.1 Å². The van der Waals surface area contributed by atoms with Crippen LogP contribution in [0.2, 0.25) is 0 Å². The SMILES string of the molecule is CCO/C=C\C(O)c1c(C2CC2)nc2ccccc2c1-c1ccc(F)cc1. The van der Waals surface area contributed by atoms with Gasteiger partial charge in [-0.1, -0.05) is 30.3 Å².